The number of fused-ring (bicyclic) bond motifs is 1. The molecule has 0 atom stereocenters. The zero-order chi connectivity index (χ0) is 26.0. The minimum Gasteiger partial charge on any atom is -0.490 e. The van der Waals surface area contributed by atoms with Crippen LogP contribution < -0.4 is 20.0 Å². The second kappa shape index (κ2) is 9.97. The Hall–Kier alpha value is -4.32. The number of rotatable bonds is 8. The van der Waals surface area contributed by atoms with E-state index >= 15 is 0 Å². The third-order valence-corrected chi connectivity index (χ3v) is 7.13. The van der Waals surface area contributed by atoms with Crippen molar-refractivity contribution in [3.63, 3.8) is 0 Å². The molecule has 0 bridgehead atoms. The van der Waals surface area contributed by atoms with Gasteiger partial charge in [0.1, 0.15) is 28.4 Å². The standard InChI is InChI=1S/C26H20N4O5S2/c1-2-15-34-19-8-3-17(4-9-19)5-14-24-28-26-30(29-24)25(31)23(36-26)16-20-10-13-22(35-20)18-6-11-21(12-7-18)37(27,32)33/h2-14,16H,1,15H2,(H2,27,32,33)/b14-5+,23-16-. The van der Waals surface area contributed by atoms with Gasteiger partial charge in [-0.15, -0.1) is 5.10 Å². The van der Waals surface area contributed by atoms with Gasteiger partial charge in [0.2, 0.25) is 15.0 Å². The maximum Gasteiger partial charge on any atom is 0.291 e. The normalized spacial score (nSPS) is 12.5. The average molecular weight is 533 g/mol. The van der Waals surface area contributed by atoms with Gasteiger partial charge in [-0.3, -0.25) is 4.79 Å². The minimum atomic E-state index is -3.77. The van der Waals surface area contributed by atoms with Crippen LogP contribution in [0.1, 0.15) is 17.1 Å². The van der Waals surface area contributed by atoms with Crippen LogP contribution in [0, 0.1) is 0 Å². The molecule has 0 radical (unpaired) electrons. The number of primary sulfonamides is 1. The monoisotopic (exact) mass is 532 g/mol. The smallest absolute Gasteiger partial charge is 0.291 e. The van der Waals surface area contributed by atoms with Crippen molar-refractivity contribution in [2.75, 3.05) is 6.61 Å². The van der Waals surface area contributed by atoms with Gasteiger partial charge < -0.3 is 9.15 Å². The van der Waals surface area contributed by atoms with Crippen LogP contribution >= 0.6 is 11.3 Å². The molecule has 5 rings (SSSR count). The molecule has 0 fully saturated rings. The predicted molar refractivity (Wildman–Crippen MR) is 142 cm³/mol. The van der Waals surface area contributed by atoms with Crippen molar-refractivity contribution in [3.05, 3.63) is 105 Å². The molecule has 0 saturated heterocycles. The summed E-state index contributed by atoms with van der Waals surface area (Å²) < 4.78 is 35.8. The van der Waals surface area contributed by atoms with Gasteiger partial charge in [-0.25, -0.2) is 13.6 Å². The maximum absolute atomic E-state index is 12.8. The number of hydrogen-bond acceptors (Lipinski definition) is 8. The Balaban J connectivity index is 1.34. The number of sulfonamides is 1. The van der Waals surface area contributed by atoms with Gasteiger partial charge in [-0.05, 0) is 60.2 Å². The molecule has 0 aliphatic rings. The van der Waals surface area contributed by atoms with Crippen molar-refractivity contribution in [1.29, 1.82) is 0 Å². The van der Waals surface area contributed by atoms with Crippen LogP contribution in [-0.4, -0.2) is 29.6 Å². The van der Waals surface area contributed by atoms with Gasteiger partial charge in [-0.1, -0.05) is 42.2 Å². The van der Waals surface area contributed by atoms with Crippen molar-refractivity contribution in [1.82, 2.24) is 14.6 Å². The molecule has 3 heterocycles. The van der Waals surface area contributed by atoms with E-state index in [9.17, 15) is 13.2 Å². The van der Waals surface area contributed by atoms with Gasteiger partial charge in [0.25, 0.3) is 5.56 Å². The number of thiazole rings is 1. The van der Waals surface area contributed by atoms with E-state index in [1.54, 1.807) is 42.5 Å². The van der Waals surface area contributed by atoms with Gasteiger partial charge in [0.15, 0.2) is 5.82 Å². The Kier molecular flexibility index (Phi) is 6.57. The lowest BCUT2D eigenvalue weighted by Crippen LogP contribution is -2.23. The van der Waals surface area contributed by atoms with Crippen LogP contribution in [0.25, 0.3) is 34.5 Å². The fourth-order valence-corrected chi connectivity index (χ4v) is 4.85. The van der Waals surface area contributed by atoms with E-state index < -0.39 is 10.0 Å². The van der Waals surface area contributed by atoms with E-state index in [0.717, 1.165) is 11.3 Å². The minimum absolute atomic E-state index is 0.0148. The lowest BCUT2D eigenvalue weighted by Gasteiger charge is -2.02. The number of furan rings is 1. The van der Waals surface area contributed by atoms with Crippen molar-refractivity contribution in [3.8, 4) is 17.1 Å². The average Bonchev–Trinajstić information content (AvgIpc) is 3.59. The van der Waals surface area contributed by atoms with E-state index in [0.29, 0.717) is 39.0 Å². The Labute approximate surface area is 215 Å². The van der Waals surface area contributed by atoms with Gasteiger partial charge in [-0.2, -0.15) is 9.50 Å². The van der Waals surface area contributed by atoms with E-state index in [1.807, 2.05) is 30.3 Å². The van der Waals surface area contributed by atoms with Gasteiger partial charge in [0, 0.05) is 11.6 Å². The molecule has 3 aromatic heterocycles. The lowest BCUT2D eigenvalue weighted by molar-refractivity contribution is 0.363. The molecule has 9 nitrogen and oxygen atoms in total. The van der Waals surface area contributed by atoms with E-state index in [1.165, 1.54) is 28.0 Å². The first kappa shape index (κ1) is 24.4. The second-order valence-corrected chi connectivity index (χ2v) is 10.4. The van der Waals surface area contributed by atoms with Crippen molar-refractivity contribution in [2.24, 2.45) is 5.14 Å². The number of aromatic nitrogens is 3. The summed E-state index contributed by atoms with van der Waals surface area (Å²) >= 11 is 1.20. The first-order valence-electron chi connectivity index (χ1n) is 11.0. The summed E-state index contributed by atoms with van der Waals surface area (Å²) in [5.74, 6) is 2.16. The molecule has 0 saturated carbocycles. The lowest BCUT2D eigenvalue weighted by atomic mass is 10.2. The van der Waals surface area contributed by atoms with Crippen LogP contribution in [0.15, 0.2) is 87.4 Å². The molecule has 0 amide bonds. The maximum atomic E-state index is 12.8. The van der Waals surface area contributed by atoms with Crippen molar-refractivity contribution < 1.29 is 17.6 Å². The number of nitrogens with zero attached hydrogens (tertiary/aromatic N) is 3. The van der Waals surface area contributed by atoms with Crippen LogP contribution in [-0.2, 0) is 10.0 Å². The molecule has 2 aromatic carbocycles. The van der Waals surface area contributed by atoms with Crippen molar-refractivity contribution in [2.45, 2.75) is 4.90 Å². The molecule has 37 heavy (non-hydrogen) atoms. The molecule has 11 heteroatoms. The fraction of sp³-hybridized carbons (Fsp3) is 0.0385. The number of nitrogens with two attached hydrogens (primary N) is 1. The molecule has 0 unspecified atom stereocenters. The summed E-state index contributed by atoms with van der Waals surface area (Å²) in [6, 6.07) is 17.0. The molecule has 0 spiro atoms. The number of hydrogen-bond donors (Lipinski definition) is 1. The van der Waals surface area contributed by atoms with Crippen LogP contribution in [0.2, 0.25) is 0 Å². The largest absolute Gasteiger partial charge is 0.490 e. The third-order valence-electron chi connectivity index (χ3n) is 5.24. The highest BCUT2D eigenvalue weighted by Gasteiger charge is 2.11. The summed E-state index contributed by atoms with van der Waals surface area (Å²) in [5.41, 5.74) is 1.31. The van der Waals surface area contributed by atoms with E-state index in [2.05, 4.69) is 16.7 Å². The Morgan fingerprint density at radius 2 is 1.81 bits per heavy atom. The highest BCUT2D eigenvalue weighted by Crippen LogP contribution is 2.24. The zero-order valence-electron chi connectivity index (χ0n) is 19.3. The Morgan fingerprint density at radius 1 is 1.05 bits per heavy atom. The Morgan fingerprint density at radius 3 is 2.49 bits per heavy atom. The predicted octanol–water partition coefficient (Wildman–Crippen LogP) is 3.34. The van der Waals surface area contributed by atoms with E-state index in [-0.39, 0.29) is 10.5 Å². The quantitative estimate of drug-likeness (QED) is 0.303. The first-order valence-corrected chi connectivity index (χ1v) is 13.3. The summed E-state index contributed by atoms with van der Waals surface area (Å²) in [7, 11) is -3.77. The first-order chi connectivity index (χ1) is 17.8. The SMILES string of the molecule is C=CCOc1ccc(/C=C/c2nc3s/c(=C\c4ccc(-c5ccc(S(N)(=O)=O)cc5)o4)c(=O)n3n2)cc1. The molecule has 5 aromatic rings. The summed E-state index contributed by atoms with van der Waals surface area (Å²) in [6.07, 6.45) is 6.90. The highest BCUT2D eigenvalue weighted by molar-refractivity contribution is 7.89. The molecule has 0 aliphatic carbocycles. The van der Waals surface area contributed by atoms with Crippen LogP contribution in [0.3, 0.4) is 0 Å². The molecular formula is C26H20N4O5S2. The number of benzene rings is 2. The molecule has 186 valence electrons. The second-order valence-electron chi connectivity index (χ2n) is 7.85. The molecule has 0 aliphatic heterocycles. The third kappa shape index (κ3) is 5.43. The summed E-state index contributed by atoms with van der Waals surface area (Å²) in [4.78, 5) is 17.7. The summed E-state index contributed by atoms with van der Waals surface area (Å²) in [6.45, 7) is 4.07. The molecular weight excluding hydrogens is 512 g/mol. The van der Waals surface area contributed by atoms with Crippen LogP contribution in [0.4, 0.5) is 0 Å². The highest BCUT2D eigenvalue weighted by atomic mass is 32.2. The van der Waals surface area contributed by atoms with Gasteiger partial charge in [0.05, 0.1) is 4.90 Å². The van der Waals surface area contributed by atoms with Gasteiger partial charge >= 0.3 is 0 Å². The summed E-state index contributed by atoms with van der Waals surface area (Å²) in [5, 5.41) is 9.44. The topological polar surface area (TPSA) is 130 Å². The molecule has 2 N–H and O–H groups in total. The zero-order valence-corrected chi connectivity index (χ0v) is 20.9. The van der Waals surface area contributed by atoms with E-state index in [4.69, 9.17) is 14.3 Å². The van der Waals surface area contributed by atoms with Crippen LogP contribution in [0.5, 0.6) is 5.75 Å². The Bertz CT molecular complexity index is 1830. The van der Waals surface area contributed by atoms with Crippen molar-refractivity contribution >= 4 is 44.5 Å². The fourth-order valence-electron chi connectivity index (χ4n) is 3.44. The number of ether oxygens (including phenoxy) is 1.